The highest BCUT2D eigenvalue weighted by Gasteiger charge is 2.17. The lowest BCUT2D eigenvalue weighted by Crippen LogP contribution is -2.09. The Balaban J connectivity index is 1.07. The fourth-order valence-corrected chi connectivity index (χ4v) is 10.3. The molecule has 0 saturated carbocycles. The van der Waals surface area contributed by atoms with Crippen molar-refractivity contribution in [2.45, 2.75) is 0 Å². The standard InChI is InChI=1S/C80H51N5O8/c1-81-73(77(86)87)47-55-14-28-61(29-15-55)70(62-30-16-56(17-31-62)48-74(82-2)78(88)89)44-52-22-38-67(39-23-52)85(69-42-26-54(27-43-69)46-72(60-11-6-5-7-12-60)66-37-36-59-10-8-9-13-65(59)51-66)68-40-24-53(25-41-68)45-71(63-32-18-57(19-33-63)49-75(83-3)79(90)91)64-34-20-58(21-35-64)50-76(84-4)80(92)93/h5-51H,(H,86,87)(H,88,89)(H,90,91)(H,92,93). The second-order valence-corrected chi connectivity index (χ2v) is 21.0. The number of benzene rings is 10. The van der Waals surface area contributed by atoms with E-state index in [9.17, 15) is 39.6 Å². The van der Waals surface area contributed by atoms with Crippen molar-refractivity contribution in [1.29, 1.82) is 0 Å². The van der Waals surface area contributed by atoms with Gasteiger partial charge in [-0.15, -0.1) is 0 Å². The van der Waals surface area contributed by atoms with Crippen molar-refractivity contribution in [1.82, 2.24) is 0 Å². The van der Waals surface area contributed by atoms with Gasteiger partial charge in [-0.3, -0.25) is 19.2 Å². The van der Waals surface area contributed by atoms with Crippen LogP contribution in [0.4, 0.5) is 17.1 Å². The molecule has 0 atom stereocenters. The summed E-state index contributed by atoms with van der Waals surface area (Å²) < 4.78 is 0. The van der Waals surface area contributed by atoms with Crippen LogP contribution in [-0.4, -0.2) is 44.3 Å². The molecular formula is C80H51N5O8. The van der Waals surface area contributed by atoms with Crippen LogP contribution in [0.25, 0.3) is 89.4 Å². The Morgan fingerprint density at radius 3 is 0.796 bits per heavy atom. The molecule has 13 heteroatoms. The quantitative estimate of drug-likeness (QED) is 0.0329. The third-order valence-corrected chi connectivity index (χ3v) is 15.0. The van der Waals surface area contributed by atoms with E-state index < -0.39 is 46.7 Å². The van der Waals surface area contributed by atoms with Gasteiger partial charge in [0.1, 0.15) is 0 Å². The summed E-state index contributed by atoms with van der Waals surface area (Å²) in [7, 11) is 0. The number of anilines is 3. The summed E-state index contributed by atoms with van der Waals surface area (Å²) in [6.45, 7) is 29.4. The number of rotatable bonds is 20. The maximum Gasteiger partial charge on any atom is 0.333 e. The predicted molar refractivity (Wildman–Crippen MR) is 367 cm³/mol. The molecule has 0 bridgehead atoms. The SMILES string of the molecule is [C-]#[N+]C(=Cc1ccc(C(=Cc2ccc(N(c3ccc(C=C(c4ccc(C=C([N+]#[C-])C(=O)O)cc4)c4ccc(C=C([N+]#[C-])C(=O)O)cc4)cc3)c3ccc(C=C(c4ccccc4)c4ccc5ccccc5c4)cc3)cc2)c2ccc(C=C([N+]#[C-])C(=O)O)cc2)cc1)C(=O)O. The zero-order valence-electron chi connectivity index (χ0n) is 49.3. The number of nitrogens with zero attached hydrogens (tertiary/aromatic N) is 5. The minimum absolute atomic E-state index is 0.432. The Hall–Kier alpha value is -13.7. The summed E-state index contributed by atoms with van der Waals surface area (Å²) in [6.07, 6.45) is 11.4. The molecule has 0 amide bonds. The number of aliphatic carboxylic acids is 4. The van der Waals surface area contributed by atoms with Crippen LogP contribution in [0.1, 0.15) is 72.3 Å². The van der Waals surface area contributed by atoms with E-state index in [0.717, 1.165) is 94.6 Å². The molecule has 0 saturated heterocycles. The van der Waals surface area contributed by atoms with Gasteiger partial charge in [-0.25, -0.2) is 19.4 Å². The molecule has 0 heterocycles. The van der Waals surface area contributed by atoms with Gasteiger partial charge in [0.2, 0.25) is 0 Å². The van der Waals surface area contributed by atoms with Gasteiger partial charge in [-0.05, 0) is 185 Å². The Bertz CT molecular complexity index is 4530. The highest BCUT2D eigenvalue weighted by Crippen LogP contribution is 2.38. The van der Waals surface area contributed by atoms with Crippen LogP contribution in [0.15, 0.2) is 265 Å². The summed E-state index contributed by atoms with van der Waals surface area (Å²) >= 11 is 0. The fraction of sp³-hybridized carbons (Fsp3) is 0. The lowest BCUT2D eigenvalue weighted by Gasteiger charge is -2.26. The molecule has 0 aliphatic carbocycles. The van der Waals surface area contributed by atoms with Crippen LogP contribution >= 0.6 is 0 Å². The summed E-state index contributed by atoms with van der Waals surface area (Å²) in [6, 6.07) is 77.8. The van der Waals surface area contributed by atoms with Crippen molar-refractivity contribution in [2.75, 3.05) is 4.90 Å². The van der Waals surface area contributed by atoms with E-state index in [4.69, 9.17) is 26.3 Å². The molecule has 10 aromatic carbocycles. The van der Waals surface area contributed by atoms with E-state index in [1.165, 1.54) is 24.3 Å². The van der Waals surface area contributed by atoms with Crippen LogP contribution in [0.5, 0.6) is 0 Å². The van der Waals surface area contributed by atoms with Crippen molar-refractivity contribution < 1.29 is 39.6 Å². The zero-order chi connectivity index (χ0) is 65.4. The first-order chi connectivity index (χ1) is 45.2. The van der Waals surface area contributed by atoms with E-state index in [0.29, 0.717) is 22.3 Å². The highest BCUT2D eigenvalue weighted by atomic mass is 16.4. The molecule has 0 radical (unpaired) electrons. The van der Waals surface area contributed by atoms with Gasteiger partial charge in [0.05, 0.1) is 26.3 Å². The number of hydrogen-bond donors (Lipinski definition) is 4. The number of carboxylic acids is 4. The molecule has 0 aliphatic heterocycles. The summed E-state index contributed by atoms with van der Waals surface area (Å²) in [5.41, 5.74) is 13.2. The van der Waals surface area contributed by atoms with Crippen molar-refractivity contribution in [3.05, 3.63) is 383 Å². The molecule has 0 spiro atoms. The van der Waals surface area contributed by atoms with E-state index in [1.807, 2.05) is 140 Å². The van der Waals surface area contributed by atoms with E-state index >= 15 is 0 Å². The third kappa shape index (κ3) is 15.3. The van der Waals surface area contributed by atoms with E-state index in [2.05, 4.69) is 97.1 Å². The Morgan fingerprint density at radius 2 is 0.505 bits per heavy atom. The predicted octanol–water partition coefficient (Wildman–Crippen LogP) is 18.5. The average molecular weight is 1210 g/mol. The van der Waals surface area contributed by atoms with Crippen molar-refractivity contribution in [3.63, 3.8) is 0 Å². The van der Waals surface area contributed by atoms with Gasteiger partial charge in [0.15, 0.2) is 0 Å². The molecule has 0 unspecified atom stereocenters. The third-order valence-electron chi connectivity index (χ3n) is 15.0. The Morgan fingerprint density at radius 1 is 0.269 bits per heavy atom. The van der Waals surface area contributed by atoms with Gasteiger partial charge >= 0.3 is 23.9 Å². The van der Waals surface area contributed by atoms with Gasteiger partial charge in [0, 0.05) is 17.1 Å². The zero-order valence-corrected chi connectivity index (χ0v) is 49.3. The normalized spacial score (nSPS) is 11.6. The van der Waals surface area contributed by atoms with Gasteiger partial charge in [-0.1, -0.05) is 200 Å². The molecule has 0 fully saturated rings. The van der Waals surface area contributed by atoms with Crippen molar-refractivity contribution in [2.24, 2.45) is 0 Å². The number of carbonyl (C=O) groups is 4. The van der Waals surface area contributed by atoms with Crippen LogP contribution < -0.4 is 4.90 Å². The molecule has 444 valence electrons. The molecule has 0 aliphatic rings. The molecule has 93 heavy (non-hydrogen) atoms. The molecule has 10 rings (SSSR count). The maximum absolute atomic E-state index is 11.7. The lowest BCUT2D eigenvalue weighted by molar-refractivity contribution is -0.133. The molecular weight excluding hydrogens is 1160 g/mol. The van der Waals surface area contributed by atoms with E-state index in [1.54, 1.807) is 48.5 Å². The van der Waals surface area contributed by atoms with Crippen molar-refractivity contribution >= 4 is 111 Å². The molecule has 0 aromatic heterocycles. The number of carboxylic acid groups (broad SMARTS) is 4. The second-order valence-electron chi connectivity index (χ2n) is 21.0. The smallest absolute Gasteiger partial charge is 0.333 e. The largest absolute Gasteiger partial charge is 0.486 e. The molecule has 13 nitrogen and oxygen atoms in total. The lowest BCUT2D eigenvalue weighted by atomic mass is 9.93. The fourth-order valence-electron chi connectivity index (χ4n) is 10.3. The van der Waals surface area contributed by atoms with Gasteiger partial charge < -0.3 is 25.3 Å². The average Bonchev–Trinajstić information content (AvgIpc) is 0.931. The minimum atomic E-state index is -1.34. The summed E-state index contributed by atoms with van der Waals surface area (Å²) in [4.78, 5) is 61.5. The molecule has 10 aromatic rings. The summed E-state index contributed by atoms with van der Waals surface area (Å²) in [5.74, 6) is -5.35. The molecule has 4 N–H and O–H groups in total. The van der Waals surface area contributed by atoms with Crippen LogP contribution in [-0.2, 0) is 19.2 Å². The van der Waals surface area contributed by atoms with Gasteiger partial charge in [-0.2, -0.15) is 0 Å². The highest BCUT2D eigenvalue weighted by molar-refractivity contribution is 6.00. The van der Waals surface area contributed by atoms with Crippen LogP contribution in [0.2, 0.25) is 0 Å². The first-order valence-corrected chi connectivity index (χ1v) is 28.7. The Kier molecular flexibility index (Phi) is 19.3. The first-order valence-electron chi connectivity index (χ1n) is 28.7. The van der Waals surface area contributed by atoms with Gasteiger partial charge in [0.25, 0.3) is 22.8 Å². The summed E-state index contributed by atoms with van der Waals surface area (Å²) in [5, 5.41) is 40.4. The Labute approximate surface area is 536 Å². The second kappa shape index (κ2) is 28.9. The number of fused-ring (bicyclic) bond motifs is 1. The topological polar surface area (TPSA) is 170 Å². The van der Waals surface area contributed by atoms with Crippen LogP contribution in [0, 0.1) is 26.3 Å². The number of hydrogen-bond acceptors (Lipinski definition) is 5. The van der Waals surface area contributed by atoms with E-state index in [-0.39, 0.29) is 0 Å². The maximum atomic E-state index is 11.7. The minimum Gasteiger partial charge on any atom is -0.486 e. The van der Waals surface area contributed by atoms with Crippen LogP contribution in [0.3, 0.4) is 0 Å². The first kappa shape index (κ1) is 62.3. The van der Waals surface area contributed by atoms with Crippen molar-refractivity contribution in [3.8, 4) is 0 Å². The monoisotopic (exact) mass is 1210 g/mol.